The number of likely N-dealkylation sites (tertiary alicyclic amines) is 1. The third-order valence-corrected chi connectivity index (χ3v) is 4.12. The molecule has 2 aliphatic heterocycles. The Bertz CT molecular complexity index is 204. The first-order chi connectivity index (χ1) is 7.09. The highest BCUT2D eigenvalue weighted by Crippen LogP contribution is 2.26. The van der Waals surface area contributed by atoms with Crippen LogP contribution in [0, 0.1) is 11.8 Å². The number of aliphatic hydroxyl groups is 1. The zero-order valence-corrected chi connectivity index (χ0v) is 10.00. The average Bonchev–Trinajstić information content (AvgIpc) is 2.46. The van der Waals surface area contributed by atoms with Crippen LogP contribution in [0.3, 0.4) is 0 Å². The molecule has 0 saturated carbocycles. The third kappa shape index (κ3) is 2.71. The molecule has 0 aromatic heterocycles. The van der Waals surface area contributed by atoms with E-state index in [0.717, 1.165) is 57.4 Å². The second kappa shape index (κ2) is 4.40. The molecule has 0 radical (unpaired) electrons. The largest absolute Gasteiger partial charge is 0.388 e. The van der Waals surface area contributed by atoms with E-state index in [4.69, 9.17) is 0 Å². The average molecular weight is 212 g/mol. The van der Waals surface area contributed by atoms with Gasteiger partial charge in [0.05, 0.1) is 5.60 Å². The van der Waals surface area contributed by atoms with Crippen LogP contribution in [0.4, 0.5) is 0 Å². The molecule has 0 aromatic carbocycles. The van der Waals surface area contributed by atoms with Crippen LogP contribution in [-0.4, -0.2) is 48.3 Å². The van der Waals surface area contributed by atoms with Gasteiger partial charge in [0.25, 0.3) is 0 Å². The molecule has 88 valence electrons. The van der Waals surface area contributed by atoms with Crippen molar-refractivity contribution in [1.82, 2.24) is 10.2 Å². The van der Waals surface area contributed by atoms with Gasteiger partial charge < -0.3 is 10.4 Å². The fourth-order valence-corrected chi connectivity index (χ4v) is 2.84. The first-order valence-corrected chi connectivity index (χ1v) is 6.24. The summed E-state index contributed by atoms with van der Waals surface area (Å²) in [6.07, 6.45) is 1.82. The Morgan fingerprint density at radius 3 is 2.27 bits per heavy atom. The Kier molecular flexibility index (Phi) is 3.33. The molecule has 3 nitrogen and oxygen atoms in total. The van der Waals surface area contributed by atoms with Gasteiger partial charge in [-0.05, 0) is 37.8 Å². The van der Waals surface area contributed by atoms with Gasteiger partial charge in [0.2, 0.25) is 0 Å². The van der Waals surface area contributed by atoms with Crippen molar-refractivity contribution < 1.29 is 5.11 Å². The van der Waals surface area contributed by atoms with E-state index in [0.29, 0.717) is 0 Å². The summed E-state index contributed by atoms with van der Waals surface area (Å²) in [5, 5.41) is 13.7. The van der Waals surface area contributed by atoms with Crippen molar-refractivity contribution in [3.63, 3.8) is 0 Å². The van der Waals surface area contributed by atoms with Crippen molar-refractivity contribution in [1.29, 1.82) is 0 Å². The smallest absolute Gasteiger partial charge is 0.0798 e. The fourth-order valence-electron chi connectivity index (χ4n) is 2.84. The van der Waals surface area contributed by atoms with E-state index in [9.17, 15) is 5.11 Å². The first kappa shape index (κ1) is 11.4. The van der Waals surface area contributed by atoms with Crippen LogP contribution in [0.15, 0.2) is 0 Å². The minimum Gasteiger partial charge on any atom is -0.388 e. The molecule has 2 rings (SSSR count). The minimum absolute atomic E-state index is 0.422. The van der Waals surface area contributed by atoms with Gasteiger partial charge in [-0.1, -0.05) is 13.8 Å². The maximum absolute atomic E-state index is 10.4. The van der Waals surface area contributed by atoms with Gasteiger partial charge in [-0.2, -0.15) is 0 Å². The van der Waals surface area contributed by atoms with Crippen LogP contribution < -0.4 is 5.32 Å². The maximum Gasteiger partial charge on any atom is 0.0798 e. The topological polar surface area (TPSA) is 35.5 Å². The molecule has 15 heavy (non-hydrogen) atoms. The monoisotopic (exact) mass is 212 g/mol. The lowest BCUT2D eigenvalue weighted by atomic mass is 9.92. The van der Waals surface area contributed by atoms with E-state index in [1.807, 2.05) is 0 Å². The number of β-amino-alcohol motifs (C(OH)–C–C–N with tert-alkyl or cyclic N) is 1. The van der Waals surface area contributed by atoms with Gasteiger partial charge in [-0.3, -0.25) is 4.90 Å². The predicted octanol–water partition coefficient (Wildman–Crippen LogP) is 0.689. The molecule has 3 heteroatoms. The van der Waals surface area contributed by atoms with Gasteiger partial charge in [0.15, 0.2) is 0 Å². The summed E-state index contributed by atoms with van der Waals surface area (Å²) in [6, 6.07) is 0. The maximum atomic E-state index is 10.4. The zero-order valence-electron chi connectivity index (χ0n) is 10.00. The summed E-state index contributed by atoms with van der Waals surface area (Å²) in [7, 11) is 0. The summed E-state index contributed by atoms with van der Waals surface area (Å²) < 4.78 is 0. The second-order valence-electron chi connectivity index (χ2n) is 5.62. The molecule has 2 unspecified atom stereocenters. The molecular formula is C12H24N2O. The summed E-state index contributed by atoms with van der Waals surface area (Å²) in [5.74, 6) is 1.57. The van der Waals surface area contributed by atoms with E-state index in [1.54, 1.807) is 0 Å². The SMILES string of the molecule is CC1CN(CC2(O)CCNCC2)CC1C. The Hall–Kier alpha value is -0.120. The van der Waals surface area contributed by atoms with E-state index < -0.39 is 5.60 Å². The lowest BCUT2D eigenvalue weighted by Crippen LogP contribution is -2.49. The highest BCUT2D eigenvalue weighted by atomic mass is 16.3. The van der Waals surface area contributed by atoms with Crippen LogP contribution in [0.25, 0.3) is 0 Å². The van der Waals surface area contributed by atoms with Gasteiger partial charge in [0.1, 0.15) is 0 Å². The van der Waals surface area contributed by atoms with Crippen molar-refractivity contribution in [3.05, 3.63) is 0 Å². The number of hydrogen-bond donors (Lipinski definition) is 2. The highest BCUT2D eigenvalue weighted by molar-refractivity contribution is 4.90. The third-order valence-electron chi connectivity index (χ3n) is 4.12. The van der Waals surface area contributed by atoms with Crippen molar-refractivity contribution in [3.8, 4) is 0 Å². The van der Waals surface area contributed by atoms with E-state index in [2.05, 4.69) is 24.1 Å². The molecule has 2 heterocycles. The standard InChI is InChI=1S/C12H24N2O/c1-10-7-14(8-11(10)2)9-12(15)3-5-13-6-4-12/h10-11,13,15H,3-9H2,1-2H3. The van der Waals surface area contributed by atoms with Crippen molar-refractivity contribution in [2.24, 2.45) is 11.8 Å². The Labute approximate surface area is 92.8 Å². The molecular weight excluding hydrogens is 188 g/mol. The van der Waals surface area contributed by atoms with E-state index >= 15 is 0 Å². The van der Waals surface area contributed by atoms with E-state index in [1.165, 1.54) is 0 Å². The lowest BCUT2D eigenvalue weighted by molar-refractivity contribution is -0.0168. The second-order valence-corrected chi connectivity index (χ2v) is 5.62. The van der Waals surface area contributed by atoms with Gasteiger partial charge in [-0.15, -0.1) is 0 Å². The molecule has 0 aliphatic carbocycles. The molecule has 2 aliphatic rings. The summed E-state index contributed by atoms with van der Waals surface area (Å²) in [6.45, 7) is 9.77. The van der Waals surface area contributed by atoms with Crippen LogP contribution >= 0.6 is 0 Å². The Balaban J connectivity index is 1.86. The van der Waals surface area contributed by atoms with Crippen LogP contribution in [0.5, 0.6) is 0 Å². The Morgan fingerprint density at radius 2 is 1.73 bits per heavy atom. The molecule has 0 spiro atoms. The van der Waals surface area contributed by atoms with Gasteiger partial charge in [0, 0.05) is 19.6 Å². The summed E-state index contributed by atoms with van der Waals surface area (Å²) >= 11 is 0. The normalized spacial score (nSPS) is 37.0. The minimum atomic E-state index is -0.422. The molecule has 0 bridgehead atoms. The predicted molar refractivity (Wildman–Crippen MR) is 61.8 cm³/mol. The number of hydrogen-bond acceptors (Lipinski definition) is 3. The number of nitrogens with zero attached hydrogens (tertiary/aromatic N) is 1. The molecule has 2 N–H and O–H groups in total. The van der Waals surface area contributed by atoms with Gasteiger partial charge in [-0.25, -0.2) is 0 Å². The quantitative estimate of drug-likeness (QED) is 0.707. The van der Waals surface area contributed by atoms with Crippen LogP contribution in [0.1, 0.15) is 26.7 Å². The molecule has 2 atom stereocenters. The molecule has 2 fully saturated rings. The van der Waals surface area contributed by atoms with Crippen molar-refractivity contribution in [2.45, 2.75) is 32.3 Å². The number of piperidine rings is 1. The molecule has 0 amide bonds. The first-order valence-electron chi connectivity index (χ1n) is 6.24. The zero-order chi connectivity index (χ0) is 10.9. The molecule has 0 aromatic rings. The van der Waals surface area contributed by atoms with Crippen LogP contribution in [-0.2, 0) is 0 Å². The summed E-state index contributed by atoms with van der Waals surface area (Å²) in [4.78, 5) is 2.45. The number of rotatable bonds is 2. The van der Waals surface area contributed by atoms with Crippen molar-refractivity contribution >= 4 is 0 Å². The van der Waals surface area contributed by atoms with E-state index in [-0.39, 0.29) is 0 Å². The Morgan fingerprint density at radius 1 is 1.20 bits per heavy atom. The van der Waals surface area contributed by atoms with Crippen molar-refractivity contribution in [2.75, 3.05) is 32.7 Å². The van der Waals surface area contributed by atoms with Gasteiger partial charge >= 0.3 is 0 Å². The number of nitrogens with one attached hydrogen (secondary N) is 1. The van der Waals surface area contributed by atoms with Crippen LogP contribution in [0.2, 0.25) is 0 Å². The fraction of sp³-hybridized carbons (Fsp3) is 1.00. The lowest BCUT2D eigenvalue weighted by Gasteiger charge is -2.36. The molecule has 2 saturated heterocycles. The summed E-state index contributed by atoms with van der Waals surface area (Å²) in [5.41, 5.74) is -0.422. The highest BCUT2D eigenvalue weighted by Gasteiger charge is 2.35.